The average Bonchev–Trinajstić information content (AvgIpc) is 2.81. The largest absolute Gasteiger partial charge is 1.00 e. The number of hydrogen-bond donors (Lipinski definition) is 2. The van der Waals surface area contributed by atoms with Crippen molar-refractivity contribution in [3.63, 3.8) is 0 Å². The first kappa shape index (κ1) is 24.6. The van der Waals surface area contributed by atoms with Crippen LogP contribution in [0.2, 0.25) is 0 Å². The summed E-state index contributed by atoms with van der Waals surface area (Å²) in [6.07, 6.45) is 0. The first-order chi connectivity index (χ1) is 15.3. The van der Waals surface area contributed by atoms with Crippen LogP contribution in [0, 0.1) is 6.07 Å². The fourth-order valence-corrected chi connectivity index (χ4v) is 5.16. The van der Waals surface area contributed by atoms with Crippen molar-refractivity contribution in [1.82, 2.24) is 0 Å². The minimum Gasteiger partial charge on any atom is -0.320 e. The fraction of sp³-hybridized carbons (Fsp3) is 0. The predicted octanol–water partition coefficient (Wildman–Crippen LogP) is 1.76. The first-order valence-electron chi connectivity index (χ1n) is 9.61. The second-order valence-corrected chi connectivity index (χ2v) is 10.3. The number of anilines is 2. The summed E-state index contributed by atoms with van der Waals surface area (Å²) in [4.78, 5) is 0.364. The van der Waals surface area contributed by atoms with E-state index in [1.165, 1.54) is 24.3 Å². The topological polar surface area (TPSA) is 92.3 Å². The third-order valence-electron chi connectivity index (χ3n) is 4.62. The van der Waals surface area contributed by atoms with Gasteiger partial charge >= 0.3 is 18.9 Å². The van der Waals surface area contributed by atoms with Crippen molar-refractivity contribution in [3.8, 4) is 11.1 Å². The Morgan fingerprint density at radius 3 is 1.45 bits per heavy atom. The maximum atomic E-state index is 12.4. The molecule has 0 aromatic heterocycles. The third-order valence-corrected chi connectivity index (χ3v) is 7.41. The van der Waals surface area contributed by atoms with Gasteiger partial charge in [-0.2, -0.15) is 0 Å². The zero-order valence-corrected chi connectivity index (χ0v) is 19.4. The van der Waals surface area contributed by atoms with Crippen molar-refractivity contribution in [2.45, 2.75) is 9.79 Å². The molecule has 0 radical (unpaired) electrons. The van der Waals surface area contributed by atoms with E-state index in [1.54, 1.807) is 78.9 Å². The van der Waals surface area contributed by atoms with Crippen LogP contribution in [0.15, 0.2) is 113 Å². The SMILES string of the molecule is O=S(=O)(Nc1c[c-]c(-c2ccc(NS(=O)(=O)c3ccccc3)cc2)cc1)c1ccccc1.[Li+]. The Morgan fingerprint density at radius 2 is 1.00 bits per heavy atom. The number of nitrogens with one attached hydrogen (secondary N) is 2. The maximum Gasteiger partial charge on any atom is 1.00 e. The van der Waals surface area contributed by atoms with Gasteiger partial charge in [0.25, 0.3) is 20.0 Å². The molecular weight excluding hydrogens is 451 g/mol. The molecule has 4 aromatic rings. The van der Waals surface area contributed by atoms with Gasteiger partial charge in [0.1, 0.15) is 0 Å². The molecule has 6 nitrogen and oxygen atoms in total. The Bertz CT molecular complexity index is 1300. The van der Waals surface area contributed by atoms with Crippen LogP contribution in [0.25, 0.3) is 11.1 Å². The minimum absolute atomic E-state index is 0. The molecule has 33 heavy (non-hydrogen) atoms. The van der Waals surface area contributed by atoms with Gasteiger partial charge in [-0.25, -0.2) is 16.8 Å². The van der Waals surface area contributed by atoms with Crippen LogP contribution >= 0.6 is 0 Å². The molecule has 0 unspecified atom stereocenters. The van der Waals surface area contributed by atoms with Gasteiger partial charge in [-0.1, -0.05) is 54.1 Å². The van der Waals surface area contributed by atoms with E-state index in [4.69, 9.17) is 0 Å². The van der Waals surface area contributed by atoms with Crippen LogP contribution in [0.5, 0.6) is 0 Å². The molecule has 0 saturated carbocycles. The molecule has 0 aliphatic carbocycles. The zero-order chi connectivity index (χ0) is 22.6. The molecule has 0 fully saturated rings. The van der Waals surface area contributed by atoms with E-state index in [2.05, 4.69) is 15.5 Å². The molecule has 0 bridgehead atoms. The monoisotopic (exact) mass is 470 g/mol. The minimum atomic E-state index is -3.67. The summed E-state index contributed by atoms with van der Waals surface area (Å²) in [6, 6.07) is 31.1. The van der Waals surface area contributed by atoms with Crippen molar-refractivity contribution < 1.29 is 35.7 Å². The summed E-state index contributed by atoms with van der Waals surface area (Å²) in [5.41, 5.74) is 2.38. The normalized spacial score (nSPS) is 11.3. The molecule has 4 aromatic carbocycles. The molecule has 0 heterocycles. The number of sulfonamides is 2. The Hall–Kier alpha value is -3.02. The molecule has 0 atom stereocenters. The van der Waals surface area contributed by atoms with Gasteiger partial charge in [-0.15, -0.1) is 29.8 Å². The van der Waals surface area contributed by atoms with Crippen molar-refractivity contribution >= 4 is 31.4 Å². The molecule has 4 rings (SSSR count). The van der Waals surface area contributed by atoms with Crippen molar-refractivity contribution in [3.05, 3.63) is 109 Å². The van der Waals surface area contributed by atoms with E-state index < -0.39 is 20.0 Å². The number of benzene rings is 4. The van der Waals surface area contributed by atoms with Crippen LogP contribution in [0.4, 0.5) is 11.4 Å². The molecular formula is C24H19LiN2O4S2. The van der Waals surface area contributed by atoms with Crippen LogP contribution < -0.4 is 28.3 Å². The molecule has 0 amide bonds. The fourth-order valence-electron chi connectivity index (χ4n) is 3.01. The summed E-state index contributed by atoms with van der Waals surface area (Å²) >= 11 is 0. The van der Waals surface area contributed by atoms with E-state index in [1.807, 2.05) is 0 Å². The van der Waals surface area contributed by atoms with Crippen molar-refractivity contribution in [2.75, 3.05) is 9.44 Å². The van der Waals surface area contributed by atoms with Crippen molar-refractivity contribution in [1.29, 1.82) is 0 Å². The van der Waals surface area contributed by atoms with Gasteiger partial charge < -0.3 is 4.72 Å². The van der Waals surface area contributed by atoms with E-state index in [-0.39, 0.29) is 28.7 Å². The Kier molecular flexibility index (Phi) is 7.67. The molecule has 162 valence electrons. The van der Waals surface area contributed by atoms with Crippen LogP contribution in [0.1, 0.15) is 0 Å². The van der Waals surface area contributed by atoms with Gasteiger partial charge in [0.15, 0.2) is 0 Å². The summed E-state index contributed by atoms with van der Waals surface area (Å²) < 4.78 is 54.8. The van der Waals surface area contributed by atoms with Crippen LogP contribution in [0.3, 0.4) is 0 Å². The van der Waals surface area contributed by atoms with Gasteiger partial charge in [0.2, 0.25) is 0 Å². The molecule has 0 spiro atoms. The Labute approximate surface area is 206 Å². The summed E-state index contributed by atoms with van der Waals surface area (Å²) in [7, 11) is -7.33. The maximum absolute atomic E-state index is 12.4. The van der Waals surface area contributed by atoms with Gasteiger partial charge in [0, 0.05) is 5.69 Å². The van der Waals surface area contributed by atoms with E-state index in [9.17, 15) is 16.8 Å². The van der Waals surface area contributed by atoms with Crippen LogP contribution in [-0.2, 0) is 20.0 Å². The van der Waals surface area contributed by atoms with Crippen molar-refractivity contribution in [2.24, 2.45) is 0 Å². The summed E-state index contributed by atoms with van der Waals surface area (Å²) in [6.45, 7) is 0. The van der Waals surface area contributed by atoms with Gasteiger partial charge in [0.05, 0.1) is 9.79 Å². The number of rotatable bonds is 7. The van der Waals surface area contributed by atoms with E-state index >= 15 is 0 Å². The average molecular weight is 471 g/mol. The van der Waals surface area contributed by atoms with Gasteiger partial charge in [-0.05, 0) is 42.1 Å². The Morgan fingerprint density at radius 1 is 0.545 bits per heavy atom. The zero-order valence-electron chi connectivity index (χ0n) is 17.8. The quantitative estimate of drug-likeness (QED) is 0.318. The van der Waals surface area contributed by atoms with E-state index in [0.717, 1.165) is 11.1 Å². The second-order valence-electron chi connectivity index (χ2n) is 6.91. The molecule has 0 saturated heterocycles. The smallest absolute Gasteiger partial charge is 0.320 e. The predicted molar refractivity (Wildman–Crippen MR) is 125 cm³/mol. The Balaban J connectivity index is 0.00000306. The molecule has 9 heteroatoms. The standard InChI is InChI=1S/C24H19N2O4S2.Li/c27-31(28,23-7-3-1-4-8-23)25-21-15-11-19(12-16-21)20-13-17-22(18-14-20)26-32(29,30)24-9-5-2-6-10-24;/h1-13,15-18,25-26H;/q-1;+1. The molecule has 0 aliphatic rings. The summed E-state index contributed by atoms with van der Waals surface area (Å²) in [5.74, 6) is 0. The third kappa shape index (κ3) is 6.06. The molecule has 0 aliphatic heterocycles. The summed E-state index contributed by atoms with van der Waals surface area (Å²) in [5, 5.41) is 0. The first-order valence-corrected chi connectivity index (χ1v) is 12.6. The molecule has 2 N–H and O–H groups in total. The van der Waals surface area contributed by atoms with Gasteiger partial charge in [-0.3, -0.25) is 4.72 Å². The second kappa shape index (κ2) is 10.3. The van der Waals surface area contributed by atoms with Crippen LogP contribution in [-0.4, -0.2) is 16.8 Å². The number of hydrogen-bond acceptors (Lipinski definition) is 4. The van der Waals surface area contributed by atoms with E-state index in [0.29, 0.717) is 11.4 Å².